The van der Waals surface area contributed by atoms with E-state index in [9.17, 15) is 8.78 Å². The van der Waals surface area contributed by atoms with Gasteiger partial charge in [0.1, 0.15) is 0 Å². The summed E-state index contributed by atoms with van der Waals surface area (Å²) in [5.74, 6) is 6.06. The third kappa shape index (κ3) is 10.2. The predicted molar refractivity (Wildman–Crippen MR) is 139 cm³/mol. The third-order valence-electron chi connectivity index (χ3n) is 10.2. The van der Waals surface area contributed by atoms with Crippen LogP contribution < -0.4 is 0 Å². The van der Waals surface area contributed by atoms with Crippen LogP contribution >= 0.6 is 0 Å². The minimum Gasteiger partial charge on any atom is -0.251 e. The van der Waals surface area contributed by atoms with Crippen molar-refractivity contribution < 1.29 is 8.78 Å². The highest BCUT2D eigenvalue weighted by Gasteiger charge is 2.34. The summed E-state index contributed by atoms with van der Waals surface area (Å²) >= 11 is 0. The lowest BCUT2D eigenvalue weighted by molar-refractivity contribution is 0.102. The maximum atomic E-state index is 12.3. The van der Waals surface area contributed by atoms with Gasteiger partial charge in [0.15, 0.2) is 0 Å². The van der Waals surface area contributed by atoms with E-state index in [1.807, 2.05) is 0 Å². The Morgan fingerprint density at radius 3 is 1.00 bits per heavy atom. The van der Waals surface area contributed by atoms with E-state index in [-0.39, 0.29) is 13.3 Å². The fourth-order valence-corrected chi connectivity index (χ4v) is 7.92. The fourth-order valence-electron chi connectivity index (χ4n) is 7.92. The van der Waals surface area contributed by atoms with Crippen molar-refractivity contribution in [1.29, 1.82) is 0 Å². The molecule has 3 fully saturated rings. The first kappa shape index (κ1) is 27.4. The van der Waals surface area contributed by atoms with E-state index < -0.39 is 0 Å². The molecule has 0 N–H and O–H groups in total. The van der Waals surface area contributed by atoms with Gasteiger partial charge in [0.2, 0.25) is 0 Å². The lowest BCUT2D eigenvalue weighted by atomic mass is 9.64. The number of alkyl halides is 2. The topological polar surface area (TPSA) is 0 Å². The molecule has 33 heavy (non-hydrogen) atoms. The molecule has 2 heteroatoms. The molecule has 0 aliphatic heterocycles. The zero-order valence-corrected chi connectivity index (χ0v) is 21.9. The standard InChI is InChI=1S/C31H56F2/c32-24-8-5-3-1-2-4-6-10-26-12-16-28(17-13-26)30-20-22-31(23-21-30)29-18-14-27(15-19-29)11-7-9-25-33/h26-31H,1-25H2. The van der Waals surface area contributed by atoms with E-state index in [1.54, 1.807) is 0 Å². The van der Waals surface area contributed by atoms with Crippen LogP contribution in [0.5, 0.6) is 0 Å². The van der Waals surface area contributed by atoms with Crippen molar-refractivity contribution in [2.45, 2.75) is 148 Å². The van der Waals surface area contributed by atoms with E-state index in [0.29, 0.717) is 0 Å². The van der Waals surface area contributed by atoms with Crippen LogP contribution in [0, 0.1) is 35.5 Å². The van der Waals surface area contributed by atoms with Gasteiger partial charge in [-0.25, -0.2) is 0 Å². The number of hydrogen-bond acceptors (Lipinski definition) is 0. The molecule has 0 amide bonds. The van der Waals surface area contributed by atoms with Crippen molar-refractivity contribution in [2.24, 2.45) is 35.5 Å². The highest BCUT2D eigenvalue weighted by Crippen LogP contribution is 2.46. The van der Waals surface area contributed by atoms with Gasteiger partial charge in [0.05, 0.1) is 13.3 Å². The number of rotatable bonds is 15. The van der Waals surface area contributed by atoms with Gasteiger partial charge in [-0.2, -0.15) is 0 Å². The Labute approximate surface area is 205 Å². The molecule has 3 saturated carbocycles. The van der Waals surface area contributed by atoms with Gasteiger partial charge in [0, 0.05) is 0 Å². The summed E-state index contributed by atoms with van der Waals surface area (Å²) in [6, 6.07) is 0. The molecule has 194 valence electrons. The molecule has 0 nitrogen and oxygen atoms in total. The monoisotopic (exact) mass is 466 g/mol. The Bertz CT molecular complexity index is 454. The average molecular weight is 467 g/mol. The summed E-state index contributed by atoms with van der Waals surface area (Å²) in [7, 11) is 0. The SMILES string of the molecule is FCCCCCCCCCC1CCC(C2CCC(C3CCC(CCCCF)CC3)CC2)CC1. The Morgan fingerprint density at radius 2 is 0.606 bits per heavy atom. The van der Waals surface area contributed by atoms with Crippen LogP contribution in [-0.4, -0.2) is 13.3 Å². The molecule has 3 rings (SSSR count). The van der Waals surface area contributed by atoms with E-state index in [1.165, 1.54) is 122 Å². The fraction of sp³-hybridized carbons (Fsp3) is 1.00. The Morgan fingerprint density at radius 1 is 0.333 bits per heavy atom. The quantitative estimate of drug-likeness (QED) is 0.210. The zero-order chi connectivity index (χ0) is 23.1. The molecular weight excluding hydrogens is 410 g/mol. The molecule has 0 aromatic carbocycles. The second kappa shape index (κ2) is 16.5. The van der Waals surface area contributed by atoms with Gasteiger partial charge in [-0.15, -0.1) is 0 Å². The van der Waals surface area contributed by atoms with Crippen LogP contribution in [0.1, 0.15) is 148 Å². The lowest BCUT2D eigenvalue weighted by Crippen LogP contribution is -2.29. The third-order valence-corrected chi connectivity index (χ3v) is 10.2. The largest absolute Gasteiger partial charge is 0.251 e. The Balaban J connectivity index is 1.20. The lowest BCUT2D eigenvalue weighted by Gasteiger charge is -2.41. The summed E-state index contributed by atoms with van der Waals surface area (Å²) in [6.45, 7) is -0.250. The van der Waals surface area contributed by atoms with Crippen LogP contribution in [-0.2, 0) is 0 Å². The summed E-state index contributed by atoms with van der Waals surface area (Å²) in [4.78, 5) is 0. The van der Waals surface area contributed by atoms with Gasteiger partial charge in [-0.05, 0) is 99.7 Å². The number of halogens is 2. The first-order chi connectivity index (χ1) is 16.3. The van der Waals surface area contributed by atoms with Gasteiger partial charge in [0.25, 0.3) is 0 Å². The first-order valence-corrected chi connectivity index (χ1v) is 15.4. The van der Waals surface area contributed by atoms with Gasteiger partial charge < -0.3 is 0 Å². The molecule has 0 bridgehead atoms. The molecule has 0 radical (unpaired) electrons. The molecule has 0 aromatic rings. The van der Waals surface area contributed by atoms with E-state index in [2.05, 4.69) is 0 Å². The summed E-state index contributed by atoms with van der Waals surface area (Å²) in [5.41, 5.74) is 0. The Kier molecular flexibility index (Phi) is 13.7. The van der Waals surface area contributed by atoms with Gasteiger partial charge >= 0.3 is 0 Å². The second-order valence-corrected chi connectivity index (χ2v) is 12.4. The van der Waals surface area contributed by atoms with Crippen LogP contribution in [0.15, 0.2) is 0 Å². The van der Waals surface area contributed by atoms with Crippen molar-refractivity contribution in [3.8, 4) is 0 Å². The minimum absolute atomic E-state index is 0.120. The number of unbranched alkanes of at least 4 members (excludes halogenated alkanes) is 7. The molecular formula is C31H56F2. The number of hydrogen-bond donors (Lipinski definition) is 0. The molecule has 0 unspecified atom stereocenters. The van der Waals surface area contributed by atoms with E-state index >= 15 is 0 Å². The summed E-state index contributed by atoms with van der Waals surface area (Å²) in [5, 5.41) is 0. The summed E-state index contributed by atoms with van der Waals surface area (Å²) in [6.07, 6.45) is 31.2. The minimum atomic E-state index is -0.130. The van der Waals surface area contributed by atoms with Crippen molar-refractivity contribution in [3.63, 3.8) is 0 Å². The van der Waals surface area contributed by atoms with Crippen LogP contribution in [0.2, 0.25) is 0 Å². The second-order valence-electron chi connectivity index (χ2n) is 12.4. The molecule has 0 saturated heterocycles. The van der Waals surface area contributed by atoms with Crippen molar-refractivity contribution in [2.75, 3.05) is 13.3 Å². The van der Waals surface area contributed by atoms with Gasteiger partial charge in [-0.3, -0.25) is 8.78 Å². The van der Waals surface area contributed by atoms with Gasteiger partial charge in [-0.1, -0.05) is 83.5 Å². The average Bonchev–Trinajstić information content (AvgIpc) is 2.87. The predicted octanol–water partition coefficient (Wildman–Crippen LogP) is 10.6. The highest BCUT2D eigenvalue weighted by molar-refractivity contribution is 4.86. The molecule has 0 aromatic heterocycles. The first-order valence-electron chi connectivity index (χ1n) is 15.4. The Hall–Kier alpha value is -0.140. The molecule has 0 spiro atoms. The highest BCUT2D eigenvalue weighted by atomic mass is 19.1. The maximum absolute atomic E-state index is 12.3. The summed E-state index contributed by atoms with van der Waals surface area (Å²) < 4.78 is 24.5. The normalized spacial score (nSPS) is 33.3. The maximum Gasteiger partial charge on any atom is 0.0894 e. The molecule has 0 heterocycles. The van der Waals surface area contributed by atoms with E-state index in [0.717, 1.165) is 61.2 Å². The van der Waals surface area contributed by atoms with Crippen molar-refractivity contribution >= 4 is 0 Å². The van der Waals surface area contributed by atoms with Crippen molar-refractivity contribution in [3.05, 3.63) is 0 Å². The van der Waals surface area contributed by atoms with Crippen LogP contribution in [0.4, 0.5) is 8.78 Å². The van der Waals surface area contributed by atoms with Crippen LogP contribution in [0.25, 0.3) is 0 Å². The van der Waals surface area contributed by atoms with E-state index in [4.69, 9.17) is 0 Å². The zero-order valence-electron chi connectivity index (χ0n) is 21.9. The van der Waals surface area contributed by atoms with Crippen molar-refractivity contribution in [1.82, 2.24) is 0 Å². The molecule has 3 aliphatic rings. The molecule has 3 aliphatic carbocycles. The smallest absolute Gasteiger partial charge is 0.0894 e. The van der Waals surface area contributed by atoms with Crippen LogP contribution in [0.3, 0.4) is 0 Å². The molecule has 0 atom stereocenters.